The zero-order chi connectivity index (χ0) is 13.8. The van der Waals surface area contributed by atoms with Crippen molar-refractivity contribution in [3.8, 4) is 0 Å². The number of aromatic nitrogens is 2. The third kappa shape index (κ3) is 3.40. The van der Waals surface area contributed by atoms with Gasteiger partial charge in [-0.05, 0) is 19.8 Å². The lowest BCUT2D eigenvalue weighted by atomic mass is 10.1. The van der Waals surface area contributed by atoms with Crippen molar-refractivity contribution in [3.63, 3.8) is 0 Å². The van der Waals surface area contributed by atoms with Crippen LogP contribution in [0.15, 0.2) is 0 Å². The van der Waals surface area contributed by atoms with Crippen molar-refractivity contribution in [2.45, 2.75) is 38.6 Å². The molecule has 19 heavy (non-hydrogen) atoms. The molecule has 1 fully saturated rings. The van der Waals surface area contributed by atoms with Crippen molar-refractivity contribution in [3.05, 3.63) is 5.01 Å². The number of carboxylic acids is 1. The zero-order valence-electron chi connectivity index (χ0n) is 10.6. The summed E-state index contributed by atoms with van der Waals surface area (Å²) in [4.78, 5) is 24.7. The van der Waals surface area contributed by atoms with Gasteiger partial charge in [0, 0.05) is 6.54 Å². The van der Waals surface area contributed by atoms with Gasteiger partial charge >= 0.3 is 12.0 Å². The van der Waals surface area contributed by atoms with Crippen molar-refractivity contribution in [2.75, 3.05) is 11.9 Å². The Kier molecular flexibility index (Phi) is 4.31. The molecule has 1 aliphatic heterocycles. The van der Waals surface area contributed by atoms with Gasteiger partial charge in [0.1, 0.15) is 11.0 Å². The molecule has 1 aliphatic rings. The fraction of sp³-hybridized carbons (Fsp3) is 0.636. The van der Waals surface area contributed by atoms with E-state index in [1.54, 1.807) is 6.92 Å². The third-order valence-corrected chi connectivity index (χ3v) is 3.79. The zero-order valence-corrected chi connectivity index (χ0v) is 11.4. The van der Waals surface area contributed by atoms with Crippen LogP contribution < -0.4 is 5.32 Å². The molecule has 0 spiro atoms. The van der Waals surface area contributed by atoms with Crippen LogP contribution in [-0.4, -0.2) is 44.8 Å². The average Bonchev–Trinajstić information content (AvgIpc) is 2.65. The number of amides is 2. The number of hydrogen-bond donors (Lipinski definition) is 2. The van der Waals surface area contributed by atoms with Gasteiger partial charge in [0.25, 0.3) is 0 Å². The van der Waals surface area contributed by atoms with Crippen molar-refractivity contribution in [1.82, 2.24) is 15.1 Å². The lowest BCUT2D eigenvalue weighted by molar-refractivity contribution is -0.142. The smallest absolute Gasteiger partial charge is 0.326 e. The van der Waals surface area contributed by atoms with Gasteiger partial charge in [-0.1, -0.05) is 24.2 Å². The number of hydrogen-bond acceptors (Lipinski definition) is 5. The first-order chi connectivity index (χ1) is 9.08. The van der Waals surface area contributed by atoms with Crippen molar-refractivity contribution in [1.29, 1.82) is 0 Å². The molecule has 1 aromatic rings. The molecule has 1 unspecified atom stereocenters. The van der Waals surface area contributed by atoms with Crippen LogP contribution >= 0.6 is 11.3 Å². The van der Waals surface area contributed by atoms with Gasteiger partial charge in [-0.2, -0.15) is 0 Å². The molecule has 0 bridgehead atoms. The molecule has 0 saturated carbocycles. The number of urea groups is 1. The highest BCUT2D eigenvalue weighted by atomic mass is 32.1. The molecule has 0 radical (unpaired) electrons. The maximum absolute atomic E-state index is 12.1. The van der Waals surface area contributed by atoms with Crippen LogP contribution in [0.1, 0.15) is 30.7 Å². The minimum atomic E-state index is -0.953. The van der Waals surface area contributed by atoms with E-state index in [0.29, 0.717) is 18.1 Å². The van der Waals surface area contributed by atoms with Gasteiger partial charge in [0.15, 0.2) is 0 Å². The summed E-state index contributed by atoms with van der Waals surface area (Å²) in [7, 11) is 0. The van der Waals surface area contributed by atoms with Gasteiger partial charge in [0.2, 0.25) is 5.13 Å². The quantitative estimate of drug-likeness (QED) is 0.862. The number of likely N-dealkylation sites (tertiary alicyclic amines) is 1. The normalized spacial score (nSPS) is 19.8. The highest BCUT2D eigenvalue weighted by Gasteiger charge is 2.31. The van der Waals surface area contributed by atoms with Gasteiger partial charge in [-0.15, -0.1) is 10.2 Å². The summed E-state index contributed by atoms with van der Waals surface area (Å²) in [5, 5.41) is 20.6. The largest absolute Gasteiger partial charge is 0.480 e. The molecular formula is C11H16N4O3S. The number of rotatable bonds is 2. The van der Waals surface area contributed by atoms with E-state index in [2.05, 4.69) is 15.5 Å². The summed E-state index contributed by atoms with van der Waals surface area (Å²) in [5.74, 6) is -0.953. The average molecular weight is 284 g/mol. The van der Waals surface area contributed by atoms with E-state index in [9.17, 15) is 14.7 Å². The third-order valence-electron chi connectivity index (χ3n) is 3.04. The summed E-state index contributed by atoms with van der Waals surface area (Å²) >= 11 is 1.27. The fourth-order valence-corrected chi connectivity index (χ4v) is 2.70. The monoisotopic (exact) mass is 284 g/mol. The molecule has 0 aromatic carbocycles. The van der Waals surface area contributed by atoms with E-state index in [0.717, 1.165) is 24.3 Å². The van der Waals surface area contributed by atoms with Crippen LogP contribution in [0.4, 0.5) is 9.93 Å². The molecular weight excluding hydrogens is 268 g/mol. The number of aliphatic carboxylic acids is 1. The van der Waals surface area contributed by atoms with Gasteiger partial charge in [-0.3, -0.25) is 5.32 Å². The van der Waals surface area contributed by atoms with Crippen molar-refractivity contribution >= 4 is 28.5 Å². The lowest BCUT2D eigenvalue weighted by Crippen LogP contribution is -2.46. The number of nitrogens with zero attached hydrogens (tertiary/aromatic N) is 3. The number of carbonyl (C=O) groups is 2. The molecule has 8 heteroatoms. The van der Waals surface area contributed by atoms with Crippen LogP contribution in [0.25, 0.3) is 0 Å². The first-order valence-electron chi connectivity index (χ1n) is 6.18. The Morgan fingerprint density at radius 1 is 1.37 bits per heavy atom. The van der Waals surface area contributed by atoms with Gasteiger partial charge in [0.05, 0.1) is 0 Å². The minimum Gasteiger partial charge on any atom is -0.480 e. The lowest BCUT2D eigenvalue weighted by Gasteiger charge is -2.26. The van der Waals surface area contributed by atoms with Crippen LogP contribution in [0.5, 0.6) is 0 Å². The molecule has 2 N–H and O–H groups in total. The van der Waals surface area contributed by atoms with E-state index in [1.165, 1.54) is 16.2 Å². The Morgan fingerprint density at radius 3 is 2.79 bits per heavy atom. The van der Waals surface area contributed by atoms with Crippen LogP contribution in [0, 0.1) is 6.92 Å². The number of carbonyl (C=O) groups excluding carboxylic acids is 1. The second-order valence-electron chi connectivity index (χ2n) is 4.45. The van der Waals surface area contributed by atoms with Crippen LogP contribution in [0.3, 0.4) is 0 Å². The van der Waals surface area contributed by atoms with Gasteiger partial charge in [-0.25, -0.2) is 9.59 Å². The standard InChI is InChI=1S/C11H16N4O3S/c1-7-13-14-10(19-7)12-11(18)15-6-4-2-3-5-8(15)9(16)17/h8H,2-6H2,1H3,(H,16,17)(H,12,14,18). The SMILES string of the molecule is Cc1nnc(NC(=O)N2CCCCCC2C(=O)O)s1. The fourth-order valence-electron chi connectivity index (χ4n) is 2.12. The topological polar surface area (TPSA) is 95.4 Å². The number of nitrogens with one attached hydrogen (secondary N) is 1. The summed E-state index contributed by atoms with van der Waals surface area (Å²) in [6, 6.07) is -1.16. The molecule has 7 nitrogen and oxygen atoms in total. The molecule has 1 aromatic heterocycles. The molecule has 1 atom stereocenters. The summed E-state index contributed by atoms with van der Waals surface area (Å²) in [6.45, 7) is 2.25. The first-order valence-corrected chi connectivity index (χ1v) is 7.00. The predicted octanol–water partition coefficient (Wildman–Crippen LogP) is 1.71. The van der Waals surface area contributed by atoms with E-state index in [-0.39, 0.29) is 0 Å². The van der Waals surface area contributed by atoms with Crippen LogP contribution in [0.2, 0.25) is 0 Å². The Bertz CT molecular complexity index is 476. The Labute approximate surface area is 114 Å². The number of aryl methyl sites for hydroxylation is 1. The number of carboxylic acid groups (broad SMARTS) is 1. The van der Waals surface area contributed by atoms with Crippen molar-refractivity contribution < 1.29 is 14.7 Å². The summed E-state index contributed by atoms with van der Waals surface area (Å²) in [6.07, 6.45) is 3.11. The van der Waals surface area contributed by atoms with E-state index in [4.69, 9.17) is 0 Å². The second-order valence-corrected chi connectivity index (χ2v) is 5.63. The molecule has 2 heterocycles. The highest BCUT2D eigenvalue weighted by Crippen LogP contribution is 2.20. The summed E-state index contributed by atoms with van der Waals surface area (Å²) < 4.78 is 0. The highest BCUT2D eigenvalue weighted by molar-refractivity contribution is 7.15. The molecule has 2 amide bonds. The van der Waals surface area contributed by atoms with Crippen LogP contribution in [-0.2, 0) is 4.79 Å². The van der Waals surface area contributed by atoms with E-state index >= 15 is 0 Å². The maximum Gasteiger partial charge on any atom is 0.326 e. The van der Waals surface area contributed by atoms with E-state index in [1.807, 2.05) is 0 Å². The maximum atomic E-state index is 12.1. The molecule has 0 aliphatic carbocycles. The Balaban J connectivity index is 2.08. The molecule has 2 rings (SSSR count). The second kappa shape index (κ2) is 5.96. The first kappa shape index (κ1) is 13.7. The minimum absolute atomic E-state index is 0.399. The molecule has 104 valence electrons. The number of anilines is 1. The van der Waals surface area contributed by atoms with E-state index < -0.39 is 18.0 Å². The summed E-state index contributed by atoms with van der Waals surface area (Å²) in [5.41, 5.74) is 0. The van der Waals surface area contributed by atoms with Crippen molar-refractivity contribution in [2.24, 2.45) is 0 Å². The molecule has 1 saturated heterocycles. The Morgan fingerprint density at radius 2 is 2.16 bits per heavy atom. The predicted molar refractivity (Wildman–Crippen MR) is 70.3 cm³/mol. The van der Waals surface area contributed by atoms with Gasteiger partial charge < -0.3 is 10.0 Å². The Hall–Kier alpha value is -1.70.